The van der Waals surface area contributed by atoms with Crippen molar-refractivity contribution >= 4 is 23.3 Å². The Morgan fingerprint density at radius 1 is 1.10 bits per heavy atom. The van der Waals surface area contributed by atoms with Crippen LogP contribution < -0.4 is 19.7 Å². The summed E-state index contributed by atoms with van der Waals surface area (Å²) < 4.78 is 53.3. The number of nitrogens with one attached hydrogen (secondary N) is 1. The number of ether oxygens (including phenoxy) is 2. The van der Waals surface area contributed by atoms with Crippen molar-refractivity contribution in [3.8, 4) is 11.5 Å². The van der Waals surface area contributed by atoms with Crippen LogP contribution in [0.25, 0.3) is 0 Å². The Hall–Kier alpha value is -4.25. The van der Waals surface area contributed by atoms with Crippen LogP contribution in [0.1, 0.15) is 45.5 Å². The van der Waals surface area contributed by atoms with E-state index in [4.69, 9.17) is 9.47 Å². The second-order valence-electron chi connectivity index (χ2n) is 10.4. The fourth-order valence-electron chi connectivity index (χ4n) is 5.26. The number of anilines is 2. The van der Waals surface area contributed by atoms with Crippen molar-refractivity contribution < 1.29 is 42.8 Å². The van der Waals surface area contributed by atoms with Crippen LogP contribution in [0, 0.1) is 13.8 Å². The van der Waals surface area contributed by atoms with Crippen molar-refractivity contribution in [3.05, 3.63) is 82.4 Å². The number of fused-ring (bicyclic) bond motifs is 1. The molecule has 1 atom stereocenters. The first kappa shape index (κ1) is 29.7. The summed E-state index contributed by atoms with van der Waals surface area (Å²) in [5.41, 5.74) is -0.239. The van der Waals surface area contributed by atoms with E-state index in [9.17, 15) is 27.9 Å². The molecule has 1 fully saturated rings. The lowest BCUT2D eigenvalue weighted by molar-refractivity contribution is -0.140. The van der Waals surface area contributed by atoms with Gasteiger partial charge in [-0.3, -0.25) is 9.59 Å². The Labute approximate surface area is 235 Å². The average molecular weight is 573 g/mol. The summed E-state index contributed by atoms with van der Waals surface area (Å²) in [7, 11) is 1.97. The van der Waals surface area contributed by atoms with Gasteiger partial charge in [0.25, 0.3) is 5.91 Å². The van der Waals surface area contributed by atoms with Gasteiger partial charge in [0.05, 0.1) is 28.9 Å². The summed E-state index contributed by atoms with van der Waals surface area (Å²) in [4.78, 5) is 27.1. The normalized spacial score (nSPS) is 17.0. The van der Waals surface area contributed by atoms with E-state index in [-0.39, 0.29) is 29.3 Å². The van der Waals surface area contributed by atoms with Gasteiger partial charge in [-0.05, 0) is 79.8 Å². The monoisotopic (exact) mass is 572 g/mol. The van der Waals surface area contributed by atoms with Crippen LogP contribution in [0.4, 0.5) is 24.5 Å². The van der Waals surface area contributed by atoms with E-state index in [1.165, 1.54) is 6.07 Å². The van der Waals surface area contributed by atoms with Crippen LogP contribution in [0.5, 0.6) is 11.5 Å². The fraction of sp³-hybridized carbons (Fsp3) is 0.333. The maximum atomic E-state index is 13.8. The number of benzene rings is 3. The first-order chi connectivity index (χ1) is 18.9. The largest absolute Gasteiger partial charge is 0.490 e. The zero-order valence-electron chi connectivity index (χ0n) is 22.8. The average Bonchev–Trinajstić information content (AvgIpc) is 3.69. The molecule has 1 aliphatic carbocycles. The molecule has 8 nitrogen and oxygen atoms in total. The van der Waals surface area contributed by atoms with E-state index < -0.39 is 34.7 Å². The first-order valence-electron chi connectivity index (χ1n) is 12.9. The standard InChI is InChI=1S/C30H29F3N2O5.H2O/c1-17-12-20(39-16-21-15-35(3)24-6-4-5-7-25(24)40-21)13-18(2)26(17)27(36)34-23-14-19(29(10-11-29)28(37)38)8-9-22(23)30(31,32)33;/h4-9,12-14,21H,10-11,15-16H2,1-3H3,(H,34,36)(H,37,38);1H2/t21-;/m0./s1. The van der Waals surface area contributed by atoms with Crippen LogP contribution in [-0.2, 0) is 16.4 Å². The van der Waals surface area contributed by atoms with Gasteiger partial charge in [0.15, 0.2) is 0 Å². The highest BCUT2D eigenvalue weighted by atomic mass is 19.4. The number of amides is 1. The molecule has 3 aromatic rings. The quantitative estimate of drug-likeness (QED) is 0.405. The van der Waals surface area contributed by atoms with Crippen molar-refractivity contribution in [2.24, 2.45) is 0 Å². The number of aliphatic carboxylic acids is 1. The SMILES string of the molecule is Cc1cc(OC[C@@H]2CN(C)c3ccccc3O2)cc(C)c1C(=O)Nc1cc(C2(C(=O)O)CC2)ccc1C(F)(F)F.O. The smallest absolute Gasteiger partial charge is 0.418 e. The molecule has 1 aliphatic heterocycles. The van der Waals surface area contributed by atoms with Crippen LogP contribution in [0.2, 0.25) is 0 Å². The molecule has 11 heteroatoms. The van der Waals surface area contributed by atoms with Gasteiger partial charge in [0.1, 0.15) is 24.2 Å². The second-order valence-corrected chi connectivity index (χ2v) is 10.4. The number of para-hydroxylation sites is 2. The van der Waals surface area contributed by atoms with Crippen molar-refractivity contribution in [2.45, 2.75) is 44.4 Å². The zero-order valence-corrected chi connectivity index (χ0v) is 22.8. The summed E-state index contributed by atoms with van der Waals surface area (Å²) in [6, 6.07) is 14.2. The number of carbonyl (C=O) groups is 2. The minimum atomic E-state index is -4.74. The summed E-state index contributed by atoms with van der Waals surface area (Å²) in [6.07, 6.45) is -4.30. The third kappa shape index (κ3) is 5.81. The van der Waals surface area contributed by atoms with Crippen LogP contribution in [0.3, 0.4) is 0 Å². The van der Waals surface area contributed by atoms with Gasteiger partial charge >= 0.3 is 12.1 Å². The summed E-state index contributed by atoms with van der Waals surface area (Å²) in [6.45, 7) is 4.25. The third-order valence-electron chi connectivity index (χ3n) is 7.50. The Balaban J connectivity index is 0.00000387. The summed E-state index contributed by atoms with van der Waals surface area (Å²) in [5.74, 6) is -0.547. The number of hydrogen-bond donors (Lipinski definition) is 2. The number of nitrogens with zero attached hydrogens (tertiary/aromatic N) is 1. The van der Waals surface area contributed by atoms with E-state index in [0.717, 1.165) is 23.6 Å². The lowest BCUT2D eigenvalue weighted by Crippen LogP contribution is -2.41. The highest BCUT2D eigenvalue weighted by Crippen LogP contribution is 2.50. The maximum absolute atomic E-state index is 13.8. The molecule has 0 bridgehead atoms. The van der Waals surface area contributed by atoms with Gasteiger partial charge in [0, 0.05) is 12.6 Å². The number of likely N-dealkylation sites (N-methyl/N-ethyl adjacent to an activating group) is 1. The Kier molecular flexibility index (Phi) is 7.95. The van der Waals surface area contributed by atoms with Crippen LogP contribution in [-0.4, -0.2) is 48.8 Å². The summed E-state index contributed by atoms with van der Waals surface area (Å²) in [5, 5.41) is 12.0. The number of aryl methyl sites for hydroxylation is 2. The molecule has 218 valence electrons. The first-order valence-corrected chi connectivity index (χ1v) is 12.9. The molecule has 5 rings (SSSR count). The van der Waals surface area contributed by atoms with Crippen LogP contribution in [0.15, 0.2) is 54.6 Å². The predicted octanol–water partition coefficient (Wildman–Crippen LogP) is 5.14. The van der Waals surface area contributed by atoms with Gasteiger partial charge < -0.3 is 30.3 Å². The van der Waals surface area contributed by atoms with Crippen molar-refractivity contribution in [1.82, 2.24) is 0 Å². The lowest BCUT2D eigenvalue weighted by atomic mass is 9.93. The van der Waals surface area contributed by atoms with E-state index in [1.54, 1.807) is 26.0 Å². The Morgan fingerprint density at radius 3 is 2.37 bits per heavy atom. The van der Waals surface area contributed by atoms with Gasteiger partial charge in [-0.2, -0.15) is 13.2 Å². The number of carbonyl (C=O) groups excluding carboxylic acids is 1. The topological polar surface area (TPSA) is 120 Å². The highest BCUT2D eigenvalue weighted by molar-refractivity contribution is 6.07. The third-order valence-corrected chi connectivity index (χ3v) is 7.50. The van der Waals surface area contributed by atoms with Crippen molar-refractivity contribution in [2.75, 3.05) is 30.4 Å². The number of rotatable bonds is 7. The minimum Gasteiger partial charge on any atom is -0.490 e. The molecule has 1 amide bonds. The second kappa shape index (κ2) is 11.0. The molecule has 0 radical (unpaired) electrons. The molecule has 0 unspecified atom stereocenters. The predicted molar refractivity (Wildman–Crippen MR) is 147 cm³/mol. The molecular weight excluding hydrogens is 541 g/mol. The fourth-order valence-corrected chi connectivity index (χ4v) is 5.26. The molecule has 4 N–H and O–H groups in total. The molecule has 1 saturated carbocycles. The van der Waals surface area contributed by atoms with E-state index in [2.05, 4.69) is 10.2 Å². The molecule has 1 heterocycles. The lowest BCUT2D eigenvalue weighted by Gasteiger charge is -2.33. The van der Waals surface area contributed by atoms with E-state index >= 15 is 0 Å². The molecule has 3 aromatic carbocycles. The van der Waals surface area contributed by atoms with Gasteiger partial charge in [-0.15, -0.1) is 0 Å². The Bertz CT molecular complexity index is 1460. The number of carboxylic acids is 1. The minimum absolute atomic E-state index is 0. The summed E-state index contributed by atoms with van der Waals surface area (Å²) >= 11 is 0. The molecule has 0 spiro atoms. The molecule has 0 saturated heterocycles. The molecular formula is C30H31F3N2O6. The molecule has 41 heavy (non-hydrogen) atoms. The van der Waals surface area contributed by atoms with Crippen molar-refractivity contribution in [1.29, 1.82) is 0 Å². The van der Waals surface area contributed by atoms with E-state index in [0.29, 0.717) is 36.3 Å². The van der Waals surface area contributed by atoms with Crippen molar-refractivity contribution in [3.63, 3.8) is 0 Å². The zero-order chi connectivity index (χ0) is 28.8. The highest BCUT2D eigenvalue weighted by Gasteiger charge is 2.52. The Morgan fingerprint density at radius 2 is 1.76 bits per heavy atom. The number of hydrogen-bond acceptors (Lipinski definition) is 5. The van der Waals surface area contributed by atoms with Crippen LogP contribution >= 0.6 is 0 Å². The number of halogens is 3. The number of carboxylic acid groups (broad SMARTS) is 1. The molecule has 2 aliphatic rings. The van der Waals surface area contributed by atoms with Gasteiger partial charge in [-0.25, -0.2) is 0 Å². The van der Waals surface area contributed by atoms with E-state index in [1.807, 2.05) is 31.3 Å². The maximum Gasteiger partial charge on any atom is 0.418 e. The van der Waals surface area contributed by atoms with Gasteiger partial charge in [0.2, 0.25) is 0 Å². The van der Waals surface area contributed by atoms with Gasteiger partial charge in [-0.1, -0.05) is 18.2 Å². The number of alkyl halides is 3. The molecule has 0 aromatic heterocycles.